The first kappa shape index (κ1) is 11.0. The Balaban J connectivity index is 2.45. The zero-order valence-electron chi connectivity index (χ0n) is 9.90. The molecule has 1 heterocycles. The topological polar surface area (TPSA) is 40.5 Å². The van der Waals surface area contributed by atoms with Crippen molar-refractivity contribution < 1.29 is 9.90 Å². The standard InChI is InChI=1S/C13H17NO2/c1-8-6-11-7-10(13(15)16)4-5-12(11)14(3)9(8)2/h4-5,7-9H,6H2,1-3H3,(H,15,16)/t8?,9-/m0/s1. The smallest absolute Gasteiger partial charge is 0.335 e. The lowest BCUT2D eigenvalue weighted by Crippen LogP contribution is -2.39. The Bertz CT molecular complexity index is 428. The summed E-state index contributed by atoms with van der Waals surface area (Å²) >= 11 is 0. The maximum atomic E-state index is 10.9. The molecule has 0 saturated carbocycles. The summed E-state index contributed by atoms with van der Waals surface area (Å²) in [4.78, 5) is 13.1. The van der Waals surface area contributed by atoms with Gasteiger partial charge >= 0.3 is 5.97 Å². The van der Waals surface area contributed by atoms with E-state index in [2.05, 4.69) is 25.8 Å². The summed E-state index contributed by atoms with van der Waals surface area (Å²) in [5.41, 5.74) is 2.69. The predicted octanol–water partition coefficient (Wildman–Crippen LogP) is 2.40. The quantitative estimate of drug-likeness (QED) is 0.788. The van der Waals surface area contributed by atoms with E-state index in [1.165, 1.54) is 0 Å². The summed E-state index contributed by atoms with van der Waals surface area (Å²) in [5.74, 6) is -0.293. The maximum Gasteiger partial charge on any atom is 0.335 e. The summed E-state index contributed by atoms with van der Waals surface area (Å²) in [6, 6.07) is 5.90. The van der Waals surface area contributed by atoms with E-state index in [1.54, 1.807) is 12.1 Å². The van der Waals surface area contributed by atoms with Crippen LogP contribution in [0.3, 0.4) is 0 Å². The average Bonchev–Trinajstić information content (AvgIpc) is 2.25. The Morgan fingerprint density at radius 2 is 2.12 bits per heavy atom. The predicted molar refractivity (Wildman–Crippen MR) is 64.1 cm³/mol. The van der Waals surface area contributed by atoms with Gasteiger partial charge in [0.15, 0.2) is 0 Å². The van der Waals surface area contributed by atoms with Crippen molar-refractivity contribution in [1.29, 1.82) is 0 Å². The Kier molecular flexibility index (Phi) is 2.62. The van der Waals surface area contributed by atoms with Crippen LogP contribution in [0.5, 0.6) is 0 Å². The number of anilines is 1. The van der Waals surface area contributed by atoms with Gasteiger partial charge in [-0.3, -0.25) is 0 Å². The van der Waals surface area contributed by atoms with Gasteiger partial charge in [0.1, 0.15) is 0 Å². The zero-order valence-corrected chi connectivity index (χ0v) is 9.90. The van der Waals surface area contributed by atoms with E-state index < -0.39 is 5.97 Å². The Morgan fingerprint density at radius 3 is 2.75 bits per heavy atom. The lowest BCUT2D eigenvalue weighted by atomic mass is 9.87. The number of fused-ring (bicyclic) bond motifs is 1. The first-order valence-electron chi connectivity index (χ1n) is 5.59. The highest BCUT2D eigenvalue weighted by molar-refractivity contribution is 5.88. The van der Waals surface area contributed by atoms with Crippen molar-refractivity contribution in [3.8, 4) is 0 Å². The van der Waals surface area contributed by atoms with E-state index in [0.717, 1.165) is 17.7 Å². The van der Waals surface area contributed by atoms with Crippen LogP contribution >= 0.6 is 0 Å². The Morgan fingerprint density at radius 1 is 1.44 bits per heavy atom. The Hall–Kier alpha value is -1.51. The van der Waals surface area contributed by atoms with Crippen molar-refractivity contribution in [2.75, 3.05) is 11.9 Å². The number of hydrogen-bond donors (Lipinski definition) is 1. The number of rotatable bonds is 1. The van der Waals surface area contributed by atoms with Crippen molar-refractivity contribution in [3.63, 3.8) is 0 Å². The van der Waals surface area contributed by atoms with Crippen molar-refractivity contribution in [2.45, 2.75) is 26.3 Å². The van der Waals surface area contributed by atoms with Gasteiger partial charge in [0.05, 0.1) is 5.56 Å². The van der Waals surface area contributed by atoms with E-state index in [4.69, 9.17) is 5.11 Å². The maximum absolute atomic E-state index is 10.9. The molecule has 0 saturated heterocycles. The summed E-state index contributed by atoms with van der Waals surface area (Å²) in [6.07, 6.45) is 0.960. The monoisotopic (exact) mass is 219 g/mol. The van der Waals surface area contributed by atoms with E-state index >= 15 is 0 Å². The van der Waals surface area contributed by atoms with Gasteiger partial charge < -0.3 is 10.0 Å². The van der Waals surface area contributed by atoms with E-state index in [0.29, 0.717) is 17.5 Å². The molecule has 1 N–H and O–H groups in total. The molecule has 16 heavy (non-hydrogen) atoms. The normalized spacial score (nSPS) is 24.1. The van der Waals surface area contributed by atoms with E-state index in [-0.39, 0.29) is 0 Å². The van der Waals surface area contributed by atoms with Crippen LogP contribution in [0.1, 0.15) is 29.8 Å². The molecule has 0 amide bonds. The molecule has 1 aliphatic rings. The van der Waals surface area contributed by atoms with Gasteiger partial charge in [-0.1, -0.05) is 6.92 Å². The van der Waals surface area contributed by atoms with Gasteiger partial charge in [-0.05, 0) is 43.0 Å². The molecule has 1 aromatic rings. The average molecular weight is 219 g/mol. The molecule has 0 bridgehead atoms. The van der Waals surface area contributed by atoms with Gasteiger partial charge in [-0.25, -0.2) is 4.79 Å². The highest BCUT2D eigenvalue weighted by atomic mass is 16.4. The Labute approximate surface area is 95.7 Å². The van der Waals surface area contributed by atoms with Gasteiger partial charge in [-0.15, -0.1) is 0 Å². The molecule has 2 rings (SSSR count). The molecular formula is C13H17NO2. The molecule has 0 spiro atoms. The first-order valence-corrected chi connectivity index (χ1v) is 5.59. The second-order valence-electron chi connectivity index (χ2n) is 4.68. The minimum absolute atomic E-state index is 0.383. The third kappa shape index (κ3) is 1.66. The largest absolute Gasteiger partial charge is 0.478 e. The number of nitrogens with zero attached hydrogens (tertiary/aromatic N) is 1. The molecule has 86 valence electrons. The van der Waals surface area contributed by atoms with Gasteiger partial charge in [-0.2, -0.15) is 0 Å². The number of benzene rings is 1. The molecule has 3 nitrogen and oxygen atoms in total. The van der Waals surface area contributed by atoms with Crippen molar-refractivity contribution in [3.05, 3.63) is 29.3 Å². The molecule has 1 aromatic carbocycles. The van der Waals surface area contributed by atoms with Crippen LogP contribution in [0.15, 0.2) is 18.2 Å². The SMILES string of the molecule is CC1Cc2cc(C(=O)O)ccc2N(C)[C@H]1C. The van der Waals surface area contributed by atoms with Crippen LogP contribution in [0, 0.1) is 5.92 Å². The number of carboxylic acids is 1. The molecule has 0 radical (unpaired) electrons. The molecule has 1 aliphatic heterocycles. The summed E-state index contributed by atoms with van der Waals surface area (Å²) in [6.45, 7) is 4.41. The number of hydrogen-bond acceptors (Lipinski definition) is 2. The molecule has 1 unspecified atom stereocenters. The van der Waals surface area contributed by atoms with E-state index in [1.807, 2.05) is 6.07 Å². The third-order valence-electron chi connectivity index (χ3n) is 3.68. The van der Waals surface area contributed by atoms with Crippen LogP contribution < -0.4 is 4.90 Å². The summed E-state index contributed by atoms with van der Waals surface area (Å²) in [7, 11) is 2.07. The van der Waals surface area contributed by atoms with Crippen LogP contribution in [0.4, 0.5) is 5.69 Å². The highest BCUT2D eigenvalue weighted by Gasteiger charge is 2.26. The summed E-state index contributed by atoms with van der Waals surface area (Å²) < 4.78 is 0. The second kappa shape index (κ2) is 3.81. The van der Waals surface area contributed by atoms with Gasteiger partial charge in [0, 0.05) is 18.8 Å². The lowest BCUT2D eigenvalue weighted by Gasteiger charge is -2.38. The zero-order chi connectivity index (χ0) is 11.9. The van der Waals surface area contributed by atoms with Gasteiger partial charge in [0.25, 0.3) is 0 Å². The molecule has 0 aromatic heterocycles. The first-order chi connectivity index (χ1) is 7.50. The molecule has 2 atom stereocenters. The van der Waals surface area contributed by atoms with Crippen molar-refractivity contribution >= 4 is 11.7 Å². The van der Waals surface area contributed by atoms with Crippen molar-refractivity contribution in [2.24, 2.45) is 5.92 Å². The fraction of sp³-hybridized carbons (Fsp3) is 0.462. The number of carboxylic acid groups (broad SMARTS) is 1. The number of aromatic carboxylic acids is 1. The lowest BCUT2D eigenvalue weighted by molar-refractivity contribution is 0.0696. The van der Waals surface area contributed by atoms with E-state index in [9.17, 15) is 4.79 Å². The molecule has 0 fully saturated rings. The highest BCUT2D eigenvalue weighted by Crippen LogP contribution is 2.33. The minimum Gasteiger partial charge on any atom is -0.478 e. The van der Waals surface area contributed by atoms with Crippen LogP contribution in [-0.2, 0) is 6.42 Å². The van der Waals surface area contributed by atoms with Crippen LogP contribution in [0.2, 0.25) is 0 Å². The molecule has 3 heteroatoms. The van der Waals surface area contributed by atoms with Crippen LogP contribution in [0.25, 0.3) is 0 Å². The molecular weight excluding hydrogens is 202 g/mol. The fourth-order valence-corrected chi connectivity index (χ4v) is 2.34. The number of carbonyl (C=O) groups is 1. The summed E-state index contributed by atoms with van der Waals surface area (Å²) in [5, 5.41) is 8.96. The third-order valence-corrected chi connectivity index (χ3v) is 3.68. The van der Waals surface area contributed by atoms with Crippen molar-refractivity contribution in [1.82, 2.24) is 0 Å². The fourth-order valence-electron chi connectivity index (χ4n) is 2.34. The van der Waals surface area contributed by atoms with Gasteiger partial charge in [0.2, 0.25) is 0 Å². The second-order valence-corrected chi connectivity index (χ2v) is 4.68. The van der Waals surface area contributed by atoms with Crippen LogP contribution in [-0.4, -0.2) is 24.2 Å². The minimum atomic E-state index is -0.850. The molecule has 0 aliphatic carbocycles.